The third kappa shape index (κ3) is 2.84. The van der Waals surface area contributed by atoms with Crippen molar-refractivity contribution in [2.75, 3.05) is 13.1 Å². The summed E-state index contributed by atoms with van der Waals surface area (Å²) in [6.45, 7) is 0.216. The van der Waals surface area contributed by atoms with E-state index in [-0.39, 0.29) is 17.4 Å². The molecule has 0 unspecified atom stereocenters. The van der Waals surface area contributed by atoms with Gasteiger partial charge in [-0.3, -0.25) is 9.59 Å². The maximum Gasteiger partial charge on any atom is 0.286 e. The van der Waals surface area contributed by atoms with Crippen molar-refractivity contribution in [3.63, 3.8) is 0 Å². The number of nitrogens with one attached hydrogen (secondary N) is 1. The zero-order chi connectivity index (χ0) is 14.9. The van der Waals surface area contributed by atoms with Crippen LogP contribution in [-0.4, -0.2) is 51.7 Å². The van der Waals surface area contributed by atoms with Crippen molar-refractivity contribution in [1.82, 2.24) is 20.2 Å². The highest BCUT2D eigenvalue weighted by molar-refractivity contribution is 6.32. The lowest BCUT2D eigenvalue weighted by molar-refractivity contribution is -0.129. The first-order valence-corrected chi connectivity index (χ1v) is 6.10. The highest BCUT2D eigenvalue weighted by Gasteiger charge is 2.49. The van der Waals surface area contributed by atoms with Crippen molar-refractivity contribution in [3.05, 3.63) is 23.2 Å². The molecular weight excluding hydrogens is 294 g/mol. The molecule has 2 rings (SSSR count). The first-order valence-electron chi connectivity index (χ1n) is 5.72. The molecule has 1 aromatic rings. The Morgan fingerprint density at radius 1 is 1.45 bits per heavy atom. The Morgan fingerprint density at radius 2 is 2.10 bits per heavy atom. The summed E-state index contributed by atoms with van der Waals surface area (Å²) >= 11 is 5.67. The van der Waals surface area contributed by atoms with Crippen molar-refractivity contribution in [2.45, 2.75) is 18.9 Å². The fourth-order valence-corrected chi connectivity index (χ4v) is 2.07. The molecule has 20 heavy (non-hydrogen) atoms. The quantitative estimate of drug-likeness (QED) is 0.874. The molecule has 1 aliphatic rings. The number of carbonyl (C=O) groups excluding carboxylic acids is 2. The summed E-state index contributed by atoms with van der Waals surface area (Å²) in [6, 6.07) is -1.48. The Hall–Kier alpha value is -1.83. The number of carbonyl (C=O) groups is 2. The summed E-state index contributed by atoms with van der Waals surface area (Å²) in [5, 5.41) is 1.97. The monoisotopic (exact) mass is 304 g/mol. The summed E-state index contributed by atoms with van der Waals surface area (Å²) in [4.78, 5) is 31.3. The fourth-order valence-electron chi connectivity index (χ4n) is 1.87. The normalized spacial score (nSPS) is 20.8. The second-order valence-corrected chi connectivity index (χ2v) is 4.74. The minimum absolute atomic E-state index is 0.172. The van der Waals surface area contributed by atoms with E-state index in [1.54, 1.807) is 0 Å². The minimum atomic E-state index is -3.20. The first-order chi connectivity index (χ1) is 9.31. The van der Waals surface area contributed by atoms with Crippen LogP contribution in [0.2, 0.25) is 5.15 Å². The van der Waals surface area contributed by atoms with Gasteiger partial charge in [-0.05, 0) is 0 Å². The predicted octanol–water partition coefficient (Wildman–Crippen LogP) is 0.726. The van der Waals surface area contributed by atoms with E-state index in [1.807, 2.05) is 0 Å². The molecule has 1 atom stereocenters. The van der Waals surface area contributed by atoms with Gasteiger partial charge in [0, 0.05) is 25.9 Å². The molecule has 2 heterocycles. The maximum absolute atomic E-state index is 13.7. The zero-order valence-corrected chi connectivity index (χ0v) is 11.2. The van der Waals surface area contributed by atoms with E-state index in [2.05, 4.69) is 15.3 Å². The molecule has 1 aromatic heterocycles. The SMILES string of the molecule is CC(=O)N1C[C@H](NC(=O)c2nccnc2Cl)C(F)(F)C1. The van der Waals surface area contributed by atoms with Gasteiger partial charge in [0.1, 0.15) is 6.04 Å². The number of alkyl halides is 2. The average Bonchev–Trinajstić information content (AvgIpc) is 2.65. The van der Waals surface area contributed by atoms with Crippen LogP contribution in [0.15, 0.2) is 12.4 Å². The molecule has 0 aromatic carbocycles. The van der Waals surface area contributed by atoms with Crippen molar-refractivity contribution in [1.29, 1.82) is 0 Å². The van der Waals surface area contributed by atoms with Gasteiger partial charge in [-0.1, -0.05) is 11.6 Å². The topological polar surface area (TPSA) is 75.2 Å². The number of halogens is 3. The van der Waals surface area contributed by atoms with Crippen molar-refractivity contribution >= 4 is 23.4 Å². The zero-order valence-electron chi connectivity index (χ0n) is 10.4. The van der Waals surface area contributed by atoms with E-state index in [4.69, 9.17) is 11.6 Å². The van der Waals surface area contributed by atoms with Crippen LogP contribution >= 0.6 is 11.6 Å². The molecule has 1 saturated heterocycles. The van der Waals surface area contributed by atoms with E-state index < -0.39 is 30.3 Å². The summed E-state index contributed by atoms with van der Waals surface area (Å²) in [5.74, 6) is -4.52. The molecule has 0 spiro atoms. The van der Waals surface area contributed by atoms with Crippen molar-refractivity contribution < 1.29 is 18.4 Å². The lowest BCUT2D eigenvalue weighted by atomic mass is 10.2. The van der Waals surface area contributed by atoms with E-state index in [1.165, 1.54) is 19.3 Å². The van der Waals surface area contributed by atoms with E-state index in [0.717, 1.165) is 4.90 Å². The summed E-state index contributed by atoms with van der Waals surface area (Å²) in [7, 11) is 0. The lowest BCUT2D eigenvalue weighted by Gasteiger charge is -2.18. The number of aromatic nitrogens is 2. The molecule has 1 fully saturated rings. The predicted molar refractivity (Wildman–Crippen MR) is 65.5 cm³/mol. The van der Waals surface area contributed by atoms with Crippen LogP contribution in [0.4, 0.5) is 8.78 Å². The van der Waals surface area contributed by atoms with Crippen LogP contribution in [0.25, 0.3) is 0 Å². The number of hydrogen-bond acceptors (Lipinski definition) is 4. The summed E-state index contributed by atoms with van der Waals surface area (Å²) in [6.07, 6.45) is 2.51. The average molecular weight is 305 g/mol. The van der Waals surface area contributed by atoms with Crippen LogP contribution in [0.1, 0.15) is 17.4 Å². The maximum atomic E-state index is 13.7. The Morgan fingerprint density at radius 3 is 2.65 bits per heavy atom. The lowest BCUT2D eigenvalue weighted by Crippen LogP contribution is -2.47. The highest BCUT2D eigenvalue weighted by Crippen LogP contribution is 2.28. The van der Waals surface area contributed by atoms with E-state index in [9.17, 15) is 18.4 Å². The number of amides is 2. The third-order valence-corrected chi connectivity index (χ3v) is 3.21. The van der Waals surface area contributed by atoms with E-state index >= 15 is 0 Å². The Bertz CT molecular complexity index is 555. The van der Waals surface area contributed by atoms with Crippen LogP contribution < -0.4 is 5.32 Å². The Kier molecular flexibility index (Phi) is 3.85. The van der Waals surface area contributed by atoms with E-state index in [0.29, 0.717) is 0 Å². The van der Waals surface area contributed by atoms with Crippen molar-refractivity contribution in [2.24, 2.45) is 0 Å². The molecule has 1 aliphatic heterocycles. The van der Waals surface area contributed by atoms with Gasteiger partial charge in [0.05, 0.1) is 6.54 Å². The fraction of sp³-hybridized carbons (Fsp3) is 0.455. The van der Waals surface area contributed by atoms with Gasteiger partial charge in [-0.15, -0.1) is 0 Å². The van der Waals surface area contributed by atoms with Crippen LogP contribution in [0, 0.1) is 0 Å². The molecule has 2 amide bonds. The number of rotatable bonds is 2. The third-order valence-electron chi connectivity index (χ3n) is 2.93. The molecule has 0 bridgehead atoms. The van der Waals surface area contributed by atoms with Gasteiger partial charge in [-0.25, -0.2) is 18.7 Å². The van der Waals surface area contributed by atoms with Gasteiger partial charge < -0.3 is 10.2 Å². The molecular formula is C11H11ClF2N4O2. The van der Waals surface area contributed by atoms with Crippen molar-refractivity contribution in [3.8, 4) is 0 Å². The standard InChI is InChI=1S/C11H11ClF2N4O2/c1-6(19)18-4-7(11(13,14)5-18)17-10(20)8-9(12)16-3-2-15-8/h2-3,7H,4-5H2,1H3,(H,17,20)/t7-/m0/s1. The number of likely N-dealkylation sites (tertiary alicyclic amines) is 1. The molecule has 0 saturated carbocycles. The van der Waals surface area contributed by atoms with Gasteiger partial charge >= 0.3 is 0 Å². The Balaban J connectivity index is 2.12. The van der Waals surface area contributed by atoms with Gasteiger partial charge in [0.2, 0.25) is 5.91 Å². The number of hydrogen-bond donors (Lipinski definition) is 1. The first kappa shape index (κ1) is 14.6. The second kappa shape index (κ2) is 5.28. The summed E-state index contributed by atoms with van der Waals surface area (Å²) < 4.78 is 27.4. The molecule has 108 valence electrons. The number of nitrogens with zero attached hydrogens (tertiary/aromatic N) is 3. The Labute approximate surface area is 118 Å². The van der Waals surface area contributed by atoms with Crippen LogP contribution in [0.5, 0.6) is 0 Å². The second-order valence-electron chi connectivity index (χ2n) is 4.38. The molecule has 9 heteroatoms. The largest absolute Gasteiger partial charge is 0.340 e. The molecule has 0 radical (unpaired) electrons. The minimum Gasteiger partial charge on any atom is -0.340 e. The van der Waals surface area contributed by atoms with Gasteiger partial charge in [0.25, 0.3) is 11.8 Å². The summed E-state index contributed by atoms with van der Waals surface area (Å²) in [5.41, 5.74) is -0.230. The molecule has 6 nitrogen and oxygen atoms in total. The molecule has 0 aliphatic carbocycles. The van der Waals surface area contributed by atoms with Crippen LogP contribution in [0.3, 0.4) is 0 Å². The molecule has 1 N–H and O–H groups in total. The smallest absolute Gasteiger partial charge is 0.286 e. The van der Waals surface area contributed by atoms with Gasteiger partial charge in [0.15, 0.2) is 10.8 Å². The van der Waals surface area contributed by atoms with Gasteiger partial charge in [-0.2, -0.15) is 0 Å². The highest BCUT2D eigenvalue weighted by atomic mass is 35.5. The van der Waals surface area contributed by atoms with Crippen LogP contribution in [-0.2, 0) is 4.79 Å².